The standard InChI is InChI=1S/C21H27N5O5/c1-13(27)15-5-7-16(8-6-15)23-21(31)25-10-11-26(14(2)28)18(12-25)20(30)24-17-4-3-9-22-19(17)29/h5-8,17-18H,3-4,9-12H2,1-2H3,(H,22,29)(H,23,31)(H,24,30)/t17-,18-/m0/s1. The SMILES string of the molecule is CC(=O)c1ccc(NC(=O)N2CCN(C(C)=O)[C@H](C(=O)N[C@H]3CCCNC3=O)C2)cc1. The number of urea groups is 1. The number of nitrogens with zero attached hydrogens (tertiary/aromatic N) is 2. The van der Waals surface area contributed by atoms with Gasteiger partial charge in [-0.1, -0.05) is 0 Å². The molecule has 2 saturated heterocycles. The molecule has 2 fully saturated rings. The second-order valence-corrected chi connectivity index (χ2v) is 7.73. The van der Waals surface area contributed by atoms with Crippen molar-refractivity contribution in [3.05, 3.63) is 29.8 Å². The smallest absolute Gasteiger partial charge is 0.321 e. The third kappa shape index (κ3) is 5.39. The van der Waals surface area contributed by atoms with Gasteiger partial charge in [0.05, 0.1) is 6.54 Å². The summed E-state index contributed by atoms with van der Waals surface area (Å²) in [6.07, 6.45) is 1.29. The summed E-state index contributed by atoms with van der Waals surface area (Å²) in [6, 6.07) is 4.57. The third-order valence-corrected chi connectivity index (χ3v) is 5.52. The summed E-state index contributed by atoms with van der Waals surface area (Å²) in [5.41, 5.74) is 1.06. The molecule has 31 heavy (non-hydrogen) atoms. The molecule has 1 aromatic carbocycles. The van der Waals surface area contributed by atoms with Gasteiger partial charge in [0.1, 0.15) is 12.1 Å². The van der Waals surface area contributed by atoms with Crippen LogP contribution in [0.2, 0.25) is 0 Å². The zero-order chi connectivity index (χ0) is 22.5. The lowest BCUT2D eigenvalue weighted by Crippen LogP contribution is -2.63. The Kier molecular flexibility index (Phi) is 6.88. The number of ketones is 1. The molecule has 5 amide bonds. The van der Waals surface area contributed by atoms with Gasteiger partial charge in [0.15, 0.2) is 5.78 Å². The van der Waals surface area contributed by atoms with Gasteiger partial charge < -0.3 is 25.8 Å². The van der Waals surface area contributed by atoms with Gasteiger partial charge in [-0.05, 0) is 44.0 Å². The van der Waals surface area contributed by atoms with Crippen molar-refractivity contribution in [1.82, 2.24) is 20.4 Å². The predicted octanol–water partition coefficient (Wildman–Crippen LogP) is 0.349. The van der Waals surface area contributed by atoms with Crippen LogP contribution in [0, 0.1) is 0 Å². The fraction of sp³-hybridized carbons (Fsp3) is 0.476. The van der Waals surface area contributed by atoms with Crippen molar-refractivity contribution in [3.8, 4) is 0 Å². The second-order valence-electron chi connectivity index (χ2n) is 7.73. The zero-order valence-corrected chi connectivity index (χ0v) is 17.6. The van der Waals surface area contributed by atoms with Crippen LogP contribution >= 0.6 is 0 Å². The molecule has 0 spiro atoms. The molecule has 3 N–H and O–H groups in total. The first-order valence-corrected chi connectivity index (χ1v) is 10.3. The van der Waals surface area contributed by atoms with E-state index < -0.39 is 24.0 Å². The number of carbonyl (C=O) groups excluding carboxylic acids is 5. The molecule has 2 aliphatic rings. The summed E-state index contributed by atoms with van der Waals surface area (Å²) in [5.74, 6) is -1.04. The molecule has 0 unspecified atom stereocenters. The van der Waals surface area contributed by atoms with Gasteiger partial charge in [-0.2, -0.15) is 0 Å². The molecule has 2 heterocycles. The monoisotopic (exact) mass is 429 g/mol. The van der Waals surface area contributed by atoms with Crippen LogP contribution in [-0.4, -0.2) is 77.6 Å². The van der Waals surface area contributed by atoms with E-state index in [0.29, 0.717) is 24.2 Å². The third-order valence-electron chi connectivity index (χ3n) is 5.52. The number of piperidine rings is 1. The van der Waals surface area contributed by atoms with E-state index in [2.05, 4.69) is 16.0 Å². The first kappa shape index (κ1) is 22.3. The van der Waals surface area contributed by atoms with E-state index in [1.165, 1.54) is 23.6 Å². The van der Waals surface area contributed by atoms with Crippen molar-refractivity contribution in [3.63, 3.8) is 0 Å². The fourth-order valence-corrected chi connectivity index (χ4v) is 3.74. The highest BCUT2D eigenvalue weighted by Crippen LogP contribution is 2.15. The molecular formula is C21H27N5O5. The largest absolute Gasteiger partial charge is 0.354 e. The Morgan fingerprint density at radius 2 is 1.77 bits per heavy atom. The molecule has 166 valence electrons. The average molecular weight is 429 g/mol. The number of piperazine rings is 1. The van der Waals surface area contributed by atoms with Crippen LogP contribution in [0.5, 0.6) is 0 Å². The maximum Gasteiger partial charge on any atom is 0.321 e. The minimum Gasteiger partial charge on any atom is -0.354 e. The molecule has 0 bridgehead atoms. The number of anilines is 1. The Balaban J connectivity index is 1.66. The van der Waals surface area contributed by atoms with Gasteiger partial charge in [0, 0.05) is 37.8 Å². The van der Waals surface area contributed by atoms with Crippen LogP contribution in [0.4, 0.5) is 10.5 Å². The molecule has 1 aromatic rings. The van der Waals surface area contributed by atoms with E-state index in [1.807, 2.05) is 0 Å². The summed E-state index contributed by atoms with van der Waals surface area (Å²) in [5, 5.41) is 8.17. The van der Waals surface area contributed by atoms with Crippen molar-refractivity contribution >= 4 is 35.2 Å². The van der Waals surface area contributed by atoms with E-state index in [0.717, 1.165) is 6.42 Å². The Hall–Kier alpha value is -3.43. The van der Waals surface area contributed by atoms with Crippen molar-refractivity contribution < 1.29 is 24.0 Å². The quantitative estimate of drug-likeness (QED) is 0.595. The van der Waals surface area contributed by atoms with E-state index in [4.69, 9.17) is 0 Å². The molecular weight excluding hydrogens is 402 g/mol. The molecule has 10 heteroatoms. The van der Waals surface area contributed by atoms with E-state index in [1.54, 1.807) is 24.3 Å². The number of carbonyl (C=O) groups is 5. The second kappa shape index (κ2) is 9.59. The molecule has 3 rings (SSSR count). The van der Waals surface area contributed by atoms with Gasteiger partial charge in [0.2, 0.25) is 17.7 Å². The van der Waals surface area contributed by atoms with Crippen LogP contribution in [-0.2, 0) is 14.4 Å². The van der Waals surface area contributed by atoms with Crippen LogP contribution in [0.15, 0.2) is 24.3 Å². The molecule has 0 aliphatic carbocycles. The minimum absolute atomic E-state index is 0.0110. The first-order chi connectivity index (χ1) is 14.8. The Labute approximate surface area is 180 Å². The molecule has 2 atom stereocenters. The van der Waals surface area contributed by atoms with E-state index in [9.17, 15) is 24.0 Å². The summed E-state index contributed by atoms with van der Waals surface area (Å²) in [4.78, 5) is 63.9. The van der Waals surface area contributed by atoms with E-state index >= 15 is 0 Å². The van der Waals surface area contributed by atoms with Crippen molar-refractivity contribution in [2.75, 3.05) is 31.5 Å². The highest BCUT2D eigenvalue weighted by molar-refractivity contribution is 5.96. The first-order valence-electron chi connectivity index (χ1n) is 10.3. The lowest BCUT2D eigenvalue weighted by molar-refractivity contribution is -0.142. The number of nitrogens with one attached hydrogen (secondary N) is 3. The summed E-state index contributed by atoms with van der Waals surface area (Å²) < 4.78 is 0. The van der Waals surface area contributed by atoms with Crippen molar-refractivity contribution in [2.24, 2.45) is 0 Å². The molecule has 0 saturated carbocycles. The highest BCUT2D eigenvalue weighted by Gasteiger charge is 2.37. The molecule has 0 radical (unpaired) electrons. The number of benzene rings is 1. The Bertz CT molecular complexity index is 885. The average Bonchev–Trinajstić information content (AvgIpc) is 2.75. The Morgan fingerprint density at radius 3 is 2.39 bits per heavy atom. The summed E-state index contributed by atoms with van der Waals surface area (Å²) in [6.45, 7) is 3.91. The maximum atomic E-state index is 12.9. The lowest BCUT2D eigenvalue weighted by Gasteiger charge is -2.40. The fourth-order valence-electron chi connectivity index (χ4n) is 3.74. The van der Waals surface area contributed by atoms with Crippen LogP contribution < -0.4 is 16.0 Å². The summed E-state index contributed by atoms with van der Waals surface area (Å²) >= 11 is 0. The molecule has 2 aliphatic heterocycles. The summed E-state index contributed by atoms with van der Waals surface area (Å²) in [7, 11) is 0. The Morgan fingerprint density at radius 1 is 1.06 bits per heavy atom. The van der Waals surface area contributed by atoms with Gasteiger partial charge in [-0.25, -0.2) is 4.79 Å². The lowest BCUT2D eigenvalue weighted by atomic mass is 10.1. The van der Waals surface area contributed by atoms with Crippen LogP contribution in [0.3, 0.4) is 0 Å². The van der Waals surface area contributed by atoms with E-state index in [-0.39, 0.29) is 37.2 Å². The number of rotatable bonds is 4. The topological polar surface area (TPSA) is 128 Å². The number of hydrogen-bond donors (Lipinski definition) is 3. The van der Waals surface area contributed by atoms with Crippen LogP contribution in [0.25, 0.3) is 0 Å². The van der Waals surface area contributed by atoms with Crippen molar-refractivity contribution in [2.45, 2.75) is 38.8 Å². The predicted molar refractivity (Wildman–Crippen MR) is 112 cm³/mol. The number of Topliss-reactive ketones (excluding diaryl/α,β-unsaturated/α-hetero) is 1. The molecule has 0 aromatic heterocycles. The van der Waals surface area contributed by atoms with Gasteiger partial charge in [-0.3, -0.25) is 19.2 Å². The van der Waals surface area contributed by atoms with Crippen LogP contribution in [0.1, 0.15) is 37.0 Å². The van der Waals surface area contributed by atoms with Crippen molar-refractivity contribution in [1.29, 1.82) is 0 Å². The normalized spacial score (nSPS) is 21.2. The van der Waals surface area contributed by atoms with Gasteiger partial charge >= 0.3 is 6.03 Å². The number of hydrogen-bond acceptors (Lipinski definition) is 5. The van der Waals surface area contributed by atoms with Gasteiger partial charge in [0.25, 0.3) is 0 Å². The highest BCUT2D eigenvalue weighted by atomic mass is 16.2. The number of amides is 5. The zero-order valence-electron chi connectivity index (χ0n) is 17.6. The van der Waals surface area contributed by atoms with Gasteiger partial charge in [-0.15, -0.1) is 0 Å². The maximum absolute atomic E-state index is 12.9. The molecule has 10 nitrogen and oxygen atoms in total. The minimum atomic E-state index is -0.883.